The lowest BCUT2D eigenvalue weighted by Crippen LogP contribution is -2.43. The van der Waals surface area contributed by atoms with E-state index in [2.05, 4.69) is 4.90 Å². The van der Waals surface area contributed by atoms with Gasteiger partial charge in [0.25, 0.3) is 0 Å². The molecule has 0 aliphatic carbocycles. The predicted octanol–water partition coefficient (Wildman–Crippen LogP) is 6.56. The minimum absolute atomic E-state index is 0. The van der Waals surface area contributed by atoms with Gasteiger partial charge in [0.1, 0.15) is 0 Å². The Kier molecular flexibility index (Phi) is 10.7. The van der Waals surface area contributed by atoms with Crippen LogP contribution in [0.25, 0.3) is 0 Å². The Morgan fingerprint density at radius 3 is 2.27 bits per heavy atom. The number of hydrogen-bond donors (Lipinski definition) is 1. The third-order valence-electron chi connectivity index (χ3n) is 7.45. The maximum absolute atomic E-state index is 13.2. The molecule has 3 aromatic rings. The van der Waals surface area contributed by atoms with Crippen LogP contribution in [0.4, 0.5) is 13.2 Å². The SMILES string of the molecule is CN(C[C@@H](CCN1CCC(O)(c2cccc(C(F)(F)F)c2)CC1)c1cccc(Cl)c1)S(=O)(=O)c1ccccc1.Cl. The Balaban J connectivity index is 0.00000441. The highest BCUT2D eigenvalue weighted by Gasteiger charge is 2.37. The Bertz CT molecular complexity index is 1370. The van der Waals surface area contributed by atoms with Gasteiger partial charge >= 0.3 is 6.18 Å². The first-order valence-corrected chi connectivity index (χ1v) is 14.6. The number of aliphatic hydroxyl groups is 1. The molecule has 1 fully saturated rings. The fraction of sp³-hybridized carbons (Fsp3) is 0.379. The van der Waals surface area contributed by atoms with E-state index < -0.39 is 27.4 Å². The van der Waals surface area contributed by atoms with Gasteiger partial charge < -0.3 is 10.0 Å². The lowest BCUT2D eigenvalue weighted by Gasteiger charge is -2.39. The molecule has 0 bridgehead atoms. The molecule has 0 saturated carbocycles. The predicted molar refractivity (Wildman–Crippen MR) is 153 cm³/mol. The molecule has 0 radical (unpaired) electrons. The summed E-state index contributed by atoms with van der Waals surface area (Å²) in [6.07, 6.45) is -3.22. The Morgan fingerprint density at radius 1 is 1.00 bits per heavy atom. The van der Waals surface area contributed by atoms with E-state index in [4.69, 9.17) is 11.6 Å². The van der Waals surface area contributed by atoms with Crippen LogP contribution in [0.1, 0.15) is 41.9 Å². The Hall–Kier alpha value is -2.14. The maximum Gasteiger partial charge on any atom is 0.416 e. The molecule has 40 heavy (non-hydrogen) atoms. The minimum Gasteiger partial charge on any atom is -0.385 e. The van der Waals surface area contributed by atoms with E-state index in [9.17, 15) is 26.7 Å². The number of rotatable bonds is 9. The van der Waals surface area contributed by atoms with Gasteiger partial charge in [0.05, 0.1) is 16.1 Å². The molecule has 0 unspecified atom stereocenters. The highest BCUT2D eigenvalue weighted by atomic mass is 35.5. The van der Waals surface area contributed by atoms with E-state index in [1.807, 2.05) is 18.2 Å². The van der Waals surface area contributed by atoms with Gasteiger partial charge in [0, 0.05) is 31.7 Å². The summed E-state index contributed by atoms with van der Waals surface area (Å²) in [7, 11) is -2.12. The lowest BCUT2D eigenvalue weighted by atomic mass is 9.83. The van der Waals surface area contributed by atoms with E-state index in [0.29, 0.717) is 43.9 Å². The van der Waals surface area contributed by atoms with Crippen molar-refractivity contribution in [1.82, 2.24) is 9.21 Å². The molecular formula is C29H33Cl2F3N2O3S. The minimum atomic E-state index is -4.47. The van der Waals surface area contributed by atoms with Crippen LogP contribution in [0, 0.1) is 0 Å². The van der Waals surface area contributed by atoms with Crippen LogP contribution in [-0.4, -0.2) is 56.0 Å². The molecule has 218 valence electrons. The summed E-state index contributed by atoms with van der Waals surface area (Å²) in [6.45, 7) is 1.90. The van der Waals surface area contributed by atoms with E-state index >= 15 is 0 Å². The number of likely N-dealkylation sites (N-methyl/N-ethyl adjacent to an activating group) is 1. The Labute approximate surface area is 245 Å². The molecule has 0 spiro atoms. The monoisotopic (exact) mass is 616 g/mol. The van der Waals surface area contributed by atoms with Crippen LogP contribution in [0.15, 0.2) is 83.8 Å². The molecular weight excluding hydrogens is 584 g/mol. The number of alkyl halides is 3. The summed E-state index contributed by atoms with van der Waals surface area (Å²) in [4.78, 5) is 2.38. The van der Waals surface area contributed by atoms with Gasteiger partial charge in [-0.3, -0.25) is 0 Å². The van der Waals surface area contributed by atoms with Crippen molar-refractivity contribution in [2.75, 3.05) is 33.2 Å². The van der Waals surface area contributed by atoms with E-state index in [1.165, 1.54) is 10.4 Å². The van der Waals surface area contributed by atoms with Crippen molar-refractivity contribution in [3.05, 3.63) is 101 Å². The summed E-state index contributed by atoms with van der Waals surface area (Å²) >= 11 is 6.25. The molecule has 3 aromatic carbocycles. The van der Waals surface area contributed by atoms with Gasteiger partial charge in [-0.1, -0.05) is 54.1 Å². The average Bonchev–Trinajstić information content (AvgIpc) is 2.92. The molecule has 4 rings (SSSR count). The van der Waals surface area contributed by atoms with Crippen molar-refractivity contribution in [1.29, 1.82) is 0 Å². The fourth-order valence-electron chi connectivity index (χ4n) is 5.06. The number of likely N-dealkylation sites (tertiary alicyclic amines) is 1. The van der Waals surface area contributed by atoms with Gasteiger partial charge in [0.2, 0.25) is 10.0 Å². The molecule has 0 amide bonds. The van der Waals surface area contributed by atoms with Gasteiger partial charge in [-0.2, -0.15) is 13.2 Å². The molecule has 11 heteroatoms. The van der Waals surface area contributed by atoms with Gasteiger partial charge in [-0.05, 0) is 79.3 Å². The first-order valence-electron chi connectivity index (χ1n) is 12.8. The number of nitrogens with zero attached hydrogens (tertiary/aromatic N) is 2. The molecule has 1 N–H and O–H groups in total. The lowest BCUT2D eigenvalue weighted by molar-refractivity contribution is -0.137. The number of halogens is 5. The second-order valence-corrected chi connectivity index (χ2v) is 12.6. The quantitative estimate of drug-likeness (QED) is 0.296. The highest BCUT2D eigenvalue weighted by Crippen LogP contribution is 2.37. The van der Waals surface area contributed by atoms with E-state index in [-0.39, 0.29) is 35.3 Å². The van der Waals surface area contributed by atoms with Crippen molar-refractivity contribution in [3.8, 4) is 0 Å². The van der Waals surface area contributed by atoms with Crippen LogP contribution in [0.3, 0.4) is 0 Å². The van der Waals surface area contributed by atoms with Crippen LogP contribution >= 0.6 is 24.0 Å². The average molecular weight is 618 g/mol. The first kappa shape index (κ1) is 32.4. The number of piperidine rings is 1. The van der Waals surface area contributed by atoms with Crippen LogP contribution in [0.2, 0.25) is 5.02 Å². The number of hydrogen-bond acceptors (Lipinski definition) is 4. The normalized spacial score (nSPS) is 16.9. The third kappa shape index (κ3) is 7.78. The summed E-state index contributed by atoms with van der Waals surface area (Å²) in [5.41, 5.74) is -0.889. The summed E-state index contributed by atoms with van der Waals surface area (Å²) in [6, 6.07) is 20.6. The van der Waals surface area contributed by atoms with Crippen molar-refractivity contribution < 1.29 is 26.7 Å². The molecule has 1 heterocycles. The summed E-state index contributed by atoms with van der Waals surface area (Å²) < 4.78 is 67.2. The fourth-order valence-corrected chi connectivity index (χ4v) is 6.50. The summed E-state index contributed by atoms with van der Waals surface area (Å²) in [5.74, 6) is -0.142. The van der Waals surface area contributed by atoms with Crippen LogP contribution in [-0.2, 0) is 21.8 Å². The molecule has 1 atom stereocenters. The zero-order valence-electron chi connectivity index (χ0n) is 22.0. The topological polar surface area (TPSA) is 60.9 Å². The molecule has 0 aromatic heterocycles. The van der Waals surface area contributed by atoms with Crippen LogP contribution in [0.5, 0.6) is 0 Å². The zero-order chi connectivity index (χ0) is 28.3. The maximum atomic E-state index is 13.2. The molecule has 5 nitrogen and oxygen atoms in total. The number of benzene rings is 3. The standard InChI is InChI=1S/C29H32ClF3N2O3S.ClH/c1-34(39(37,38)27-11-3-2-4-12-27)21-23(22-7-5-10-26(30)19-22)13-16-35-17-14-28(36,15-18-35)24-8-6-9-25(20-24)29(31,32)33;/h2-12,19-20,23,36H,13-18,21H2,1H3;1H/t23-;/m1./s1. The zero-order valence-corrected chi connectivity index (χ0v) is 24.4. The van der Waals surface area contributed by atoms with E-state index in [0.717, 1.165) is 17.7 Å². The molecule has 1 aliphatic heterocycles. The van der Waals surface area contributed by atoms with E-state index in [1.54, 1.807) is 49.5 Å². The van der Waals surface area contributed by atoms with Gasteiger partial charge in [-0.15, -0.1) is 12.4 Å². The van der Waals surface area contributed by atoms with Crippen molar-refractivity contribution in [3.63, 3.8) is 0 Å². The smallest absolute Gasteiger partial charge is 0.385 e. The van der Waals surface area contributed by atoms with Gasteiger partial charge in [0.15, 0.2) is 0 Å². The third-order valence-corrected chi connectivity index (χ3v) is 9.53. The summed E-state index contributed by atoms with van der Waals surface area (Å²) in [5, 5.41) is 11.7. The van der Waals surface area contributed by atoms with Gasteiger partial charge in [-0.25, -0.2) is 12.7 Å². The highest BCUT2D eigenvalue weighted by molar-refractivity contribution is 7.89. The second-order valence-electron chi connectivity index (χ2n) is 10.1. The molecule has 1 aliphatic rings. The van der Waals surface area contributed by atoms with Crippen molar-refractivity contribution in [2.24, 2.45) is 0 Å². The van der Waals surface area contributed by atoms with Crippen LogP contribution < -0.4 is 0 Å². The molecule has 1 saturated heterocycles. The van der Waals surface area contributed by atoms with Crippen molar-refractivity contribution >= 4 is 34.0 Å². The van der Waals surface area contributed by atoms with Crippen molar-refractivity contribution in [2.45, 2.75) is 41.9 Å². The first-order chi connectivity index (χ1) is 18.4. The largest absolute Gasteiger partial charge is 0.416 e. The Morgan fingerprint density at radius 2 is 1.65 bits per heavy atom. The number of sulfonamides is 1. The second kappa shape index (κ2) is 13.2.